The Kier molecular flexibility index (Phi) is 5.18. The predicted molar refractivity (Wildman–Crippen MR) is 98.8 cm³/mol. The van der Waals surface area contributed by atoms with Gasteiger partial charge in [-0.15, -0.1) is 0 Å². The smallest absolute Gasteiger partial charge is 0.255 e. The first-order valence-electron chi connectivity index (χ1n) is 8.07. The van der Waals surface area contributed by atoms with Crippen molar-refractivity contribution < 1.29 is 18.3 Å². The highest BCUT2D eigenvalue weighted by Crippen LogP contribution is 2.35. The summed E-state index contributed by atoms with van der Waals surface area (Å²) in [5.74, 6) is -2.05. The average molecular weight is 380 g/mol. The van der Waals surface area contributed by atoms with Crippen LogP contribution in [0.1, 0.15) is 5.56 Å². The first kappa shape index (κ1) is 18.8. The van der Waals surface area contributed by atoms with Crippen LogP contribution in [0, 0.1) is 23.0 Å². The number of nitrogens with two attached hydrogens (primary N) is 2. The molecule has 0 saturated carbocycles. The topological polar surface area (TPSA) is 115 Å². The van der Waals surface area contributed by atoms with Crippen LogP contribution in [0.25, 0.3) is 22.4 Å². The fourth-order valence-corrected chi connectivity index (χ4v) is 2.69. The zero-order valence-corrected chi connectivity index (χ0v) is 14.4. The zero-order valence-electron chi connectivity index (χ0n) is 14.4. The van der Waals surface area contributed by atoms with E-state index in [9.17, 15) is 18.8 Å². The third kappa shape index (κ3) is 3.73. The van der Waals surface area contributed by atoms with Crippen LogP contribution in [-0.4, -0.2) is 17.5 Å². The van der Waals surface area contributed by atoms with Crippen LogP contribution in [0.4, 0.5) is 14.6 Å². The van der Waals surface area contributed by atoms with Crippen LogP contribution in [0.2, 0.25) is 0 Å². The normalized spacial score (nSPS) is 10.3. The van der Waals surface area contributed by atoms with Crippen LogP contribution in [0.5, 0.6) is 5.75 Å². The summed E-state index contributed by atoms with van der Waals surface area (Å²) in [7, 11) is 0. The molecule has 1 heterocycles. The summed E-state index contributed by atoms with van der Waals surface area (Å²) in [4.78, 5) is 15.2. The number of rotatable bonds is 5. The maximum Gasteiger partial charge on any atom is 0.255 e. The van der Waals surface area contributed by atoms with Crippen molar-refractivity contribution in [3.63, 3.8) is 0 Å². The number of pyridine rings is 1. The monoisotopic (exact) mass is 380 g/mol. The lowest BCUT2D eigenvalue weighted by molar-refractivity contribution is -0.119. The maximum absolute atomic E-state index is 14.3. The van der Waals surface area contributed by atoms with E-state index in [4.69, 9.17) is 16.2 Å². The van der Waals surface area contributed by atoms with Gasteiger partial charge in [0.05, 0.1) is 5.69 Å². The number of hydrogen-bond acceptors (Lipinski definition) is 5. The molecule has 0 saturated heterocycles. The summed E-state index contributed by atoms with van der Waals surface area (Å²) in [5, 5.41) is 9.42. The number of primary amides is 1. The molecular weight excluding hydrogens is 366 g/mol. The van der Waals surface area contributed by atoms with Gasteiger partial charge in [-0.1, -0.05) is 12.1 Å². The Hall–Kier alpha value is -3.99. The first-order valence-corrected chi connectivity index (χ1v) is 8.07. The molecule has 0 aliphatic rings. The van der Waals surface area contributed by atoms with Crippen molar-refractivity contribution in [2.75, 3.05) is 12.3 Å². The van der Waals surface area contributed by atoms with Gasteiger partial charge in [-0.05, 0) is 30.3 Å². The van der Waals surface area contributed by atoms with Gasteiger partial charge in [0.2, 0.25) is 0 Å². The van der Waals surface area contributed by atoms with E-state index in [2.05, 4.69) is 4.98 Å². The van der Waals surface area contributed by atoms with Crippen LogP contribution < -0.4 is 16.2 Å². The quantitative estimate of drug-likeness (QED) is 0.706. The highest BCUT2D eigenvalue weighted by molar-refractivity contribution is 5.82. The number of amides is 1. The van der Waals surface area contributed by atoms with Crippen molar-refractivity contribution >= 4 is 11.7 Å². The van der Waals surface area contributed by atoms with E-state index in [-0.39, 0.29) is 34.8 Å². The highest BCUT2D eigenvalue weighted by Gasteiger charge is 2.18. The minimum atomic E-state index is -0.841. The Labute approximate surface area is 159 Å². The third-order valence-corrected chi connectivity index (χ3v) is 3.91. The van der Waals surface area contributed by atoms with Gasteiger partial charge in [0, 0.05) is 22.8 Å². The Morgan fingerprint density at radius 1 is 1.11 bits per heavy atom. The molecule has 8 heteroatoms. The predicted octanol–water partition coefficient (Wildman–Crippen LogP) is 3.01. The van der Waals surface area contributed by atoms with Crippen LogP contribution in [0.15, 0.2) is 48.5 Å². The largest absolute Gasteiger partial charge is 0.483 e. The third-order valence-electron chi connectivity index (χ3n) is 3.91. The molecule has 28 heavy (non-hydrogen) atoms. The second kappa shape index (κ2) is 7.72. The number of hydrogen-bond donors (Lipinski definition) is 2. The van der Waals surface area contributed by atoms with E-state index < -0.39 is 17.5 Å². The van der Waals surface area contributed by atoms with Crippen molar-refractivity contribution in [1.29, 1.82) is 5.26 Å². The molecule has 0 aliphatic carbocycles. The van der Waals surface area contributed by atoms with Crippen LogP contribution in [-0.2, 0) is 4.79 Å². The molecule has 0 unspecified atom stereocenters. The van der Waals surface area contributed by atoms with Crippen molar-refractivity contribution in [2.45, 2.75) is 0 Å². The van der Waals surface area contributed by atoms with Gasteiger partial charge in [-0.2, -0.15) is 5.26 Å². The Morgan fingerprint density at radius 2 is 1.86 bits per heavy atom. The van der Waals surface area contributed by atoms with E-state index in [0.717, 1.165) is 12.1 Å². The fourth-order valence-electron chi connectivity index (χ4n) is 2.69. The van der Waals surface area contributed by atoms with Gasteiger partial charge in [-0.25, -0.2) is 13.8 Å². The second-order valence-corrected chi connectivity index (χ2v) is 5.80. The second-order valence-electron chi connectivity index (χ2n) is 5.80. The number of anilines is 1. The van der Waals surface area contributed by atoms with Gasteiger partial charge in [-0.3, -0.25) is 4.79 Å². The maximum atomic E-state index is 14.3. The zero-order chi connectivity index (χ0) is 20.3. The molecule has 1 aromatic heterocycles. The summed E-state index contributed by atoms with van der Waals surface area (Å²) in [6, 6.07) is 13.0. The molecule has 0 bridgehead atoms. The number of para-hydroxylation sites is 1. The molecule has 0 aliphatic heterocycles. The molecule has 6 nitrogen and oxygen atoms in total. The summed E-state index contributed by atoms with van der Waals surface area (Å²) < 4.78 is 33.0. The fraction of sp³-hybridized carbons (Fsp3) is 0.0500. The lowest BCUT2D eigenvalue weighted by Gasteiger charge is -2.13. The van der Waals surface area contributed by atoms with Crippen LogP contribution in [0.3, 0.4) is 0 Å². The average Bonchev–Trinajstić information content (AvgIpc) is 2.66. The van der Waals surface area contributed by atoms with E-state index >= 15 is 0 Å². The molecule has 0 spiro atoms. The number of halogens is 2. The number of carbonyl (C=O) groups is 1. The number of nitriles is 1. The summed E-state index contributed by atoms with van der Waals surface area (Å²) in [6.07, 6.45) is 0. The first-order chi connectivity index (χ1) is 13.4. The van der Waals surface area contributed by atoms with E-state index in [0.29, 0.717) is 11.3 Å². The molecule has 140 valence electrons. The van der Waals surface area contributed by atoms with Crippen molar-refractivity contribution in [2.24, 2.45) is 5.73 Å². The minimum absolute atomic E-state index is 0.00355. The number of ether oxygens (including phenoxy) is 1. The molecule has 3 aromatic rings. The number of carbonyl (C=O) groups excluding carboxylic acids is 1. The van der Waals surface area contributed by atoms with Crippen molar-refractivity contribution in [3.05, 3.63) is 65.7 Å². The molecule has 1 amide bonds. The Bertz CT molecular complexity index is 1110. The molecule has 4 N–H and O–H groups in total. The lowest BCUT2D eigenvalue weighted by atomic mass is 9.97. The highest BCUT2D eigenvalue weighted by atomic mass is 19.1. The van der Waals surface area contributed by atoms with Crippen molar-refractivity contribution in [3.8, 4) is 34.2 Å². The number of nitrogen functional groups attached to an aromatic ring is 1. The van der Waals surface area contributed by atoms with Crippen LogP contribution >= 0.6 is 0 Å². The van der Waals surface area contributed by atoms with E-state index in [1.807, 2.05) is 6.07 Å². The standard InChI is InChI=1S/C20H14F2N4O2/c21-11-5-6-12(16(22)7-11)14-8-17(26-20(25)15(14)9-23)13-3-1-2-4-18(13)28-10-19(24)27/h1-8H,10H2,(H2,24,27)(H2,25,26). The van der Waals surface area contributed by atoms with E-state index in [1.54, 1.807) is 24.3 Å². The minimum Gasteiger partial charge on any atom is -0.483 e. The Morgan fingerprint density at radius 3 is 2.54 bits per heavy atom. The Balaban J connectivity index is 2.19. The van der Waals surface area contributed by atoms with E-state index in [1.165, 1.54) is 12.1 Å². The number of benzene rings is 2. The SMILES string of the molecule is N#Cc1c(-c2ccc(F)cc2F)cc(-c2ccccc2OCC(N)=O)nc1N. The summed E-state index contributed by atoms with van der Waals surface area (Å²) >= 11 is 0. The van der Waals surface area contributed by atoms with Gasteiger partial charge < -0.3 is 16.2 Å². The molecule has 0 atom stereocenters. The molecule has 0 fully saturated rings. The van der Waals surface area contributed by atoms with Gasteiger partial charge in [0.25, 0.3) is 5.91 Å². The lowest BCUT2D eigenvalue weighted by Crippen LogP contribution is -2.20. The molecule has 0 radical (unpaired) electrons. The van der Waals surface area contributed by atoms with Crippen molar-refractivity contribution in [1.82, 2.24) is 4.98 Å². The number of aromatic nitrogens is 1. The molecular formula is C20H14F2N4O2. The number of nitrogens with zero attached hydrogens (tertiary/aromatic N) is 2. The van der Waals surface area contributed by atoms with Gasteiger partial charge in [0.1, 0.15) is 34.8 Å². The van der Waals surface area contributed by atoms with Gasteiger partial charge in [0.15, 0.2) is 6.61 Å². The molecule has 3 rings (SSSR count). The summed E-state index contributed by atoms with van der Waals surface area (Å²) in [5.41, 5.74) is 11.9. The molecule has 2 aromatic carbocycles. The summed E-state index contributed by atoms with van der Waals surface area (Å²) in [6.45, 7) is -0.345. The van der Waals surface area contributed by atoms with Gasteiger partial charge >= 0.3 is 0 Å².